The third-order valence-electron chi connectivity index (χ3n) is 10.4. The molecule has 0 fully saturated rings. The fraction of sp³-hybridized carbons (Fsp3) is 0.636. The number of esters is 1. The second-order valence-electron chi connectivity index (χ2n) is 16.1. The van der Waals surface area contributed by atoms with Crippen molar-refractivity contribution in [1.29, 1.82) is 0 Å². The molecule has 0 aromatic heterocycles. The van der Waals surface area contributed by atoms with Crippen molar-refractivity contribution < 1.29 is 90.1 Å². The third-order valence-corrected chi connectivity index (χ3v) is 11.0. The van der Waals surface area contributed by atoms with Crippen molar-refractivity contribution in [1.82, 2.24) is 0 Å². The highest BCUT2D eigenvalue weighted by molar-refractivity contribution is 6.76. The van der Waals surface area contributed by atoms with Gasteiger partial charge in [0.05, 0.1) is 205 Å². The second kappa shape index (κ2) is 47.8. The van der Waals surface area contributed by atoms with Crippen molar-refractivity contribution in [2.75, 3.05) is 211 Å². The van der Waals surface area contributed by atoms with Gasteiger partial charge in [0, 0.05) is 0 Å². The molecule has 0 unspecified atom stereocenters. The van der Waals surface area contributed by atoms with E-state index in [1.165, 1.54) is 0 Å². The number of carbonyl (C=O) groups is 2. The van der Waals surface area contributed by atoms with Gasteiger partial charge < -0.3 is 80.5 Å². The number of Topliss-reactive ketones (excluding diaryl/α,β-unsaturated/α-hetero) is 1. The van der Waals surface area contributed by atoms with Gasteiger partial charge in [-0.1, -0.05) is 126 Å². The van der Waals surface area contributed by atoms with E-state index in [0.29, 0.717) is 198 Å². The van der Waals surface area contributed by atoms with Crippen LogP contribution in [0.1, 0.15) is 23.1 Å². The maximum atomic E-state index is 11.5. The lowest BCUT2D eigenvalue weighted by Gasteiger charge is -2.36. The Hall–Kier alpha value is -2.97. The zero-order chi connectivity index (χ0) is 54.8. The average molecular weight is 1150 g/mol. The molecule has 0 atom stereocenters. The monoisotopic (exact) mass is 1150 g/mol. The first-order valence-electron chi connectivity index (χ1n) is 26.1. The van der Waals surface area contributed by atoms with E-state index in [1.54, 1.807) is 0 Å². The summed E-state index contributed by atoms with van der Waals surface area (Å²) in [4.78, 5) is 22.9. The topological polar surface area (TPSA) is 191 Å². The summed E-state index contributed by atoms with van der Waals surface area (Å²) in [5.41, 5.74) is 2.41. The Kier molecular flexibility index (Phi) is 42.4. The van der Waals surface area contributed by atoms with Gasteiger partial charge >= 0.3 is 5.97 Å². The molecule has 0 aliphatic carbocycles. The van der Waals surface area contributed by atoms with Gasteiger partial charge in [-0.05, 0) is 16.7 Å². The highest BCUT2D eigenvalue weighted by atomic mass is 35.6. The minimum Gasteiger partial charge on any atom is -0.463 e. The number of rotatable bonds is 54. The van der Waals surface area contributed by atoms with Crippen molar-refractivity contribution in [2.24, 2.45) is 0 Å². The highest BCUT2D eigenvalue weighted by Gasteiger charge is 2.37. The molecule has 3 aromatic carbocycles. The maximum Gasteiger partial charge on any atom is 0.313 e. The van der Waals surface area contributed by atoms with Crippen molar-refractivity contribution in [3.8, 4) is 0 Å². The summed E-state index contributed by atoms with van der Waals surface area (Å²) >= 11 is 16.2. The SMILES string of the molecule is O=C(CC(=O)C(Cl)(Cl)Cl)OCCOCCOCCOCCOCCOCCOCCOCCOCCOCCOCCOCCOCCOCCOCCOCCOC(c1ccccc1)(c1ccccc1)c1ccccc1. The van der Waals surface area contributed by atoms with Crippen molar-refractivity contribution in [3.63, 3.8) is 0 Å². The first-order chi connectivity index (χ1) is 37.8. The van der Waals surface area contributed by atoms with Gasteiger partial charge in [-0.25, -0.2) is 0 Å². The van der Waals surface area contributed by atoms with Crippen LogP contribution in [0, 0.1) is 0 Å². The molecular weight excluding hydrogens is 1070 g/mol. The van der Waals surface area contributed by atoms with Gasteiger partial charge in [0.2, 0.25) is 3.79 Å². The van der Waals surface area contributed by atoms with Gasteiger partial charge in [-0.3, -0.25) is 9.59 Å². The van der Waals surface area contributed by atoms with Crippen LogP contribution >= 0.6 is 34.8 Å². The van der Waals surface area contributed by atoms with Crippen LogP contribution in [-0.2, 0) is 95.7 Å². The van der Waals surface area contributed by atoms with E-state index in [-0.39, 0.29) is 13.2 Å². The Bertz CT molecular complexity index is 1710. The lowest BCUT2D eigenvalue weighted by Crippen LogP contribution is -2.34. The Morgan fingerprint density at radius 1 is 0.286 bits per heavy atom. The minimum atomic E-state index is -2.15. The normalized spacial score (nSPS) is 11.9. The average Bonchev–Trinajstić information content (AvgIpc) is 3.45. The lowest BCUT2D eigenvalue weighted by molar-refractivity contribution is -0.147. The van der Waals surface area contributed by atoms with Crippen molar-refractivity contribution in [3.05, 3.63) is 108 Å². The van der Waals surface area contributed by atoms with Crippen LogP contribution in [0.25, 0.3) is 0 Å². The predicted molar refractivity (Wildman–Crippen MR) is 288 cm³/mol. The Morgan fingerprint density at radius 3 is 0.688 bits per heavy atom. The minimum absolute atomic E-state index is 0.0296. The number of benzene rings is 3. The number of hydrogen-bond acceptors (Lipinski definition) is 19. The molecule has 0 saturated carbocycles. The molecule has 0 amide bonds. The quantitative estimate of drug-likeness (QED) is 0.0206. The van der Waals surface area contributed by atoms with Gasteiger partial charge in [0.25, 0.3) is 0 Å². The molecule has 0 aliphatic rings. The molecule has 0 heterocycles. The number of ketones is 1. The Morgan fingerprint density at radius 2 is 0.481 bits per heavy atom. The molecule has 19 nitrogen and oxygen atoms in total. The molecule has 77 heavy (non-hydrogen) atoms. The van der Waals surface area contributed by atoms with E-state index < -0.39 is 27.6 Å². The van der Waals surface area contributed by atoms with Crippen LogP contribution in [0.3, 0.4) is 0 Å². The summed E-state index contributed by atoms with van der Waals surface area (Å²) < 4.78 is 92.4. The summed E-state index contributed by atoms with van der Waals surface area (Å²) in [6.07, 6.45) is -0.623. The molecule has 22 heteroatoms. The molecule has 0 aliphatic heterocycles. The summed E-state index contributed by atoms with van der Waals surface area (Å²) in [6.45, 7) is 13.6. The number of hydrogen-bond donors (Lipinski definition) is 0. The molecule has 436 valence electrons. The number of halogens is 3. The lowest BCUT2D eigenvalue weighted by atomic mass is 9.80. The van der Waals surface area contributed by atoms with Crippen LogP contribution < -0.4 is 0 Å². The van der Waals surface area contributed by atoms with Crippen LogP contribution in [0.15, 0.2) is 91.0 Å². The second-order valence-corrected chi connectivity index (χ2v) is 18.4. The third kappa shape index (κ3) is 35.4. The summed E-state index contributed by atoms with van der Waals surface area (Å²) in [6, 6.07) is 30.9. The summed E-state index contributed by atoms with van der Waals surface area (Å²) in [5, 5.41) is 0. The first kappa shape index (κ1) is 68.3. The van der Waals surface area contributed by atoms with Crippen LogP contribution in [0.5, 0.6) is 0 Å². The number of carbonyl (C=O) groups excluding carboxylic acids is 2. The van der Waals surface area contributed by atoms with E-state index in [4.69, 9.17) is 115 Å². The van der Waals surface area contributed by atoms with Crippen LogP contribution in [0.4, 0.5) is 0 Å². The Balaban J connectivity index is 0.934. The molecule has 3 aromatic rings. The molecule has 0 bridgehead atoms. The maximum absolute atomic E-state index is 11.5. The summed E-state index contributed by atoms with van der Waals surface area (Å²) in [5.74, 6) is -1.65. The molecule has 0 saturated heterocycles. The number of alkyl halides is 3. The van der Waals surface area contributed by atoms with E-state index in [1.807, 2.05) is 54.6 Å². The van der Waals surface area contributed by atoms with E-state index in [9.17, 15) is 9.59 Å². The van der Waals surface area contributed by atoms with Crippen LogP contribution in [-0.4, -0.2) is 227 Å². The van der Waals surface area contributed by atoms with E-state index >= 15 is 0 Å². The zero-order valence-electron chi connectivity index (χ0n) is 44.4. The zero-order valence-corrected chi connectivity index (χ0v) is 46.7. The van der Waals surface area contributed by atoms with Gasteiger partial charge in [0.1, 0.15) is 18.6 Å². The van der Waals surface area contributed by atoms with Gasteiger partial charge in [-0.2, -0.15) is 0 Å². The van der Waals surface area contributed by atoms with Gasteiger partial charge in [0.15, 0.2) is 5.78 Å². The molecule has 0 radical (unpaired) electrons. The number of ether oxygens (including phenoxy) is 17. The van der Waals surface area contributed by atoms with E-state index in [2.05, 4.69) is 36.4 Å². The van der Waals surface area contributed by atoms with Crippen LogP contribution in [0.2, 0.25) is 0 Å². The first-order valence-corrected chi connectivity index (χ1v) is 27.2. The molecule has 0 spiro atoms. The predicted octanol–water partition coefficient (Wildman–Crippen LogP) is 6.12. The smallest absolute Gasteiger partial charge is 0.313 e. The fourth-order valence-electron chi connectivity index (χ4n) is 6.70. The largest absolute Gasteiger partial charge is 0.463 e. The van der Waals surface area contributed by atoms with Gasteiger partial charge in [-0.15, -0.1) is 0 Å². The molecule has 3 rings (SSSR count). The van der Waals surface area contributed by atoms with Crippen molar-refractivity contribution >= 4 is 46.6 Å². The Labute approximate surface area is 469 Å². The van der Waals surface area contributed by atoms with E-state index in [0.717, 1.165) is 16.7 Å². The standard InChI is InChI=1S/C55H81Cl3O19/c56-55(57,58)52(59)48-53(60)76-46-44-74-42-40-72-38-36-70-34-32-68-30-28-66-26-24-64-22-20-62-18-16-61-17-19-63-21-23-65-25-27-67-29-31-69-33-35-71-37-39-73-41-43-75-45-47-77-54(49-10-4-1-5-11-49,50-12-6-2-7-13-50)51-14-8-3-9-15-51/h1-15H,16-48H2. The molecule has 0 N–H and O–H groups in total. The van der Waals surface area contributed by atoms with Crippen molar-refractivity contribution in [2.45, 2.75) is 15.8 Å². The highest BCUT2D eigenvalue weighted by Crippen LogP contribution is 2.40. The molecular formula is C55H81Cl3O19. The fourth-order valence-corrected chi connectivity index (χ4v) is 6.90. The summed E-state index contributed by atoms with van der Waals surface area (Å²) in [7, 11) is 0.